The van der Waals surface area contributed by atoms with Crippen molar-refractivity contribution >= 4 is 29.1 Å². The first-order valence-electron chi connectivity index (χ1n) is 7.88. The maximum Gasteiger partial charge on any atom is 0.329 e. The molecule has 24 heavy (non-hydrogen) atoms. The molecule has 1 aliphatic heterocycles. The minimum atomic E-state index is -0.774. The highest BCUT2D eigenvalue weighted by Gasteiger charge is 2.23. The molecule has 2 N–H and O–H groups in total. The van der Waals surface area contributed by atoms with E-state index in [1.807, 2.05) is 0 Å². The Morgan fingerprint density at radius 2 is 2.00 bits per heavy atom. The molecule has 2 heterocycles. The second-order valence-electron chi connectivity index (χ2n) is 5.61. The summed E-state index contributed by atoms with van der Waals surface area (Å²) in [5.74, 6) is -1.63. The highest BCUT2D eigenvalue weighted by Crippen LogP contribution is 2.08. The van der Waals surface area contributed by atoms with Crippen molar-refractivity contribution < 1.29 is 14.4 Å². The lowest BCUT2D eigenvalue weighted by atomic mass is 10.1. The Kier molecular flexibility index (Phi) is 6.41. The second-order valence-corrected chi connectivity index (χ2v) is 5.61. The molecule has 0 bridgehead atoms. The van der Waals surface area contributed by atoms with Crippen molar-refractivity contribution in [1.29, 1.82) is 0 Å². The van der Waals surface area contributed by atoms with Crippen molar-refractivity contribution in [2.75, 3.05) is 18.4 Å². The molecule has 0 spiro atoms. The molecule has 128 valence electrons. The minimum absolute atomic E-state index is 0.00702. The van der Waals surface area contributed by atoms with E-state index in [0.717, 1.165) is 19.3 Å². The van der Waals surface area contributed by atoms with Crippen LogP contribution in [0, 0.1) is 0 Å². The third kappa shape index (κ3) is 5.45. The van der Waals surface area contributed by atoms with Gasteiger partial charge in [-0.3, -0.25) is 19.4 Å². The van der Waals surface area contributed by atoms with Gasteiger partial charge < -0.3 is 10.2 Å². The first-order chi connectivity index (χ1) is 11.6. The molecular formula is C16H21N5O3. The third-order valence-electron chi connectivity index (χ3n) is 3.55. The largest absolute Gasteiger partial charge is 0.334 e. The highest BCUT2D eigenvalue weighted by atomic mass is 16.2. The van der Waals surface area contributed by atoms with E-state index in [9.17, 15) is 14.4 Å². The number of piperidine rings is 1. The summed E-state index contributed by atoms with van der Waals surface area (Å²) >= 11 is 0. The van der Waals surface area contributed by atoms with Crippen LogP contribution < -0.4 is 10.7 Å². The summed E-state index contributed by atoms with van der Waals surface area (Å²) in [5, 5.41) is 6.48. The van der Waals surface area contributed by atoms with Gasteiger partial charge in [0.25, 0.3) is 0 Å². The summed E-state index contributed by atoms with van der Waals surface area (Å²) in [6.45, 7) is 2.80. The first kappa shape index (κ1) is 17.6. The van der Waals surface area contributed by atoms with Crippen molar-refractivity contribution in [3.05, 3.63) is 24.5 Å². The number of amides is 3. The van der Waals surface area contributed by atoms with Crippen LogP contribution >= 0.6 is 0 Å². The maximum atomic E-state index is 11.9. The topological polar surface area (TPSA) is 104 Å². The highest BCUT2D eigenvalue weighted by molar-refractivity contribution is 6.35. The smallest absolute Gasteiger partial charge is 0.329 e. The quantitative estimate of drug-likeness (QED) is 0.486. The van der Waals surface area contributed by atoms with Crippen molar-refractivity contribution in [2.24, 2.45) is 5.10 Å². The molecule has 0 saturated carbocycles. The Hall–Kier alpha value is -2.77. The number of pyridine rings is 1. The molecule has 1 saturated heterocycles. The van der Waals surface area contributed by atoms with Crippen LogP contribution in [-0.2, 0) is 14.4 Å². The standard InChI is InChI=1S/C16H21N5O3/c1-12(10-14(22)18-13-6-5-7-17-11-13)19-20-15(23)16(24)21-8-3-2-4-9-21/h5-7,11H,2-4,8-10H2,1H3,(H,18,22)(H,20,23)/b19-12+. The van der Waals surface area contributed by atoms with Crippen LogP contribution in [0.1, 0.15) is 32.6 Å². The van der Waals surface area contributed by atoms with E-state index in [2.05, 4.69) is 20.8 Å². The number of anilines is 1. The van der Waals surface area contributed by atoms with Crippen LogP contribution in [0.5, 0.6) is 0 Å². The lowest BCUT2D eigenvalue weighted by Crippen LogP contribution is -2.44. The van der Waals surface area contributed by atoms with Crippen molar-refractivity contribution in [3.8, 4) is 0 Å². The van der Waals surface area contributed by atoms with Gasteiger partial charge in [0.15, 0.2) is 0 Å². The fourth-order valence-corrected chi connectivity index (χ4v) is 2.35. The number of rotatable bonds is 4. The van der Waals surface area contributed by atoms with Gasteiger partial charge >= 0.3 is 11.8 Å². The van der Waals surface area contributed by atoms with Crippen LogP contribution in [0.3, 0.4) is 0 Å². The van der Waals surface area contributed by atoms with Crippen molar-refractivity contribution in [2.45, 2.75) is 32.6 Å². The van der Waals surface area contributed by atoms with E-state index in [4.69, 9.17) is 0 Å². The number of carbonyl (C=O) groups is 3. The Morgan fingerprint density at radius 3 is 2.67 bits per heavy atom. The number of hydrogen-bond donors (Lipinski definition) is 2. The average molecular weight is 331 g/mol. The molecular weight excluding hydrogens is 310 g/mol. The second kappa shape index (κ2) is 8.76. The summed E-state index contributed by atoms with van der Waals surface area (Å²) < 4.78 is 0. The Morgan fingerprint density at radius 1 is 1.25 bits per heavy atom. The monoisotopic (exact) mass is 331 g/mol. The van der Waals surface area contributed by atoms with E-state index < -0.39 is 11.8 Å². The summed E-state index contributed by atoms with van der Waals surface area (Å²) in [7, 11) is 0. The molecule has 0 atom stereocenters. The predicted octanol–water partition coefficient (Wildman–Crippen LogP) is 0.915. The predicted molar refractivity (Wildman–Crippen MR) is 89.2 cm³/mol. The van der Waals surface area contributed by atoms with Gasteiger partial charge in [-0.15, -0.1) is 0 Å². The van der Waals surface area contributed by atoms with E-state index in [1.165, 1.54) is 11.1 Å². The number of carbonyl (C=O) groups excluding carboxylic acids is 3. The fourth-order valence-electron chi connectivity index (χ4n) is 2.35. The fraction of sp³-hybridized carbons (Fsp3) is 0.438. The molecule has 0 radical (unpaired) electrons. The number of likely N-dealkylation sites (tertiary alicyclic amines) is 1. The molecule has 0 aromatic carbocycles. The molecule has 8 heteroatoms. The maximum absolute atomic E-state index is 11.9. The van der Waals surface area contributed by atoms with Gasteiger partial charge in [0, 0.05) is 25.0 Å². The van der Waals surface area contributed by atoms with Gasteiger partial charge in [0.2, 0.25) is 5.91 Å². The number of hydrogen-bond acceptors (Lipinski definition) is 5. The van der Waals surface area contributed by atoms with E-state index in [1.54, 1.807) is 25.3 Å². The summed E-state index contributed by atoms with van der Waals surface area (Å²) in [6, 6.07) is 3.43. The van der Waals surface area contributed by atoms with Gasteiger partial charge in [-0.25, -0.2) is 5.43 Å². The average Bonchev–Trinajstić information content (AvgIpc) is 2.60. The number of aromatic nitrogens is 1. The van der Waals surface area contributed by atoms with Gasteiger partial charge in [0.1, 0.15) is 0 Å². The van der Waals surface area contributed by atoms with E-state index >= 15 is 0 Å². The third-order valence-corrected chi connectivity index (χ3v) is 3.55. The van der Waals surface area contributed by atoms with Crippen LogP contribution in [0.4, 0.5) is 5.69 Å². The molecule has 1 aromatic heterocycles. The van der Waals surface area contributed by atoms with Crippen molar-refractivity contribution in [3.63, 3.8) is 0 Å². The minimum Gasteiger partial charge on any atom is -0.334 e. The number of nitrogens with zero attached hydrogens (tertiary/aromatic N) is 3. The Bertz CT molecular complexity index is 624. The van der Waals surface area contributed by atoms with E-state index in [-0.39, 0.29) is 12.3 Å². The molecule has 8 nitrogen and oxygen atoms in total. The molecule has 0 unspecified atom stereocenters. The summed E-state index contributed by atoms with van der Waals surface area (Å²) in [6.07, 6.45) is 6.05. The molecule has 1 aliphatic rings. The van der Waals surface area contributed by atoms with Gasteiger partial charge in [0.05, 0.1) is 18.3 Å². The SMILES string of the molecule is C/C(CC(=O)Nc1cccnc1)=N\NC(=O)C(=O)N1CCCCC1. The molecule has 1 aromatic rings. The van der Waals surface area contributed by atoms with Gasteiger partial charge in [-0.2, -0.15) is 5.10 Å². The Labute approximate surface area is 140 Å². The normalized spacial score (nSPS) is 14.9. The Balaban J connectivity index is 1.79. The first-order valence-corrected chi connectivity index (χ1v) is 7.88. The van der Waals surface area contributed by atoms with Gasteiger partial charge in [-0.1, -0.05) is 0 Å². The zero-order valence-corrected chi connectivity index (χ0v) is 13.6. The molecule has 0 aliphatic carbocycles. The van der Waals surface area contributed by atoms with Crippen molar-refractivity contribution in [1.82, 2.24) is 15.3 Å². The lowest BCUT2D eigenvalue weighted by Gasteiger charge is -2.25. The van der Waals surface area contributed by atoms with E-state index in [0.29, 0.717) is 24.5 Å². The van der Waals surface area contributed by atoms with Crippen LogP contribution in [0.15, 0.2) is 29.6 Å². The van der Waals surface area contributed by atoms with Gasteiger partial charge in [-0.05, 0) is 38.3 Å². The van der Waals surface area contributed by atoms with Crippen LogP contribution in [-0.4, -0.2) is 46.4 Å². The summed E-state index contributed by atoms with van der Waals surface area (Å²) in [4.78, 5) is 41.0. The number of nitrogens with one attached hydrogen (secondary N) is 2. The molecule has 3 amide bonds. The van der Waals surface area contributed by atoms with Crippen LogP contribution in [0.25, 0.3) is 0 Å². The zero-order chi connectivity index (χ0) is 17.4. The number of hydrazone groups is 1. The molecule has 2 rings (SSSR count). The zero-order valence-electron chi connectivity index (χ0n) is 13.6. The summed E-state index contributed by atoms with van der Waals surface area (Å²) in [5.41, 5.74) is 3.20. The lowest BCUT2D eigenvalue weighted by molar-refractivity contribution is -0.146. The van der Waals surface area contributed by atoms with Crippen LogP contribution in [0.2, 0.25) is 0 Å². The molecule has 1 fully saturated rings.